The summed E-state index contributed by atoms with van der Waals surface area (Å²) in [5.41, 5.74) is 2.23. The van der Waals surface area contributed by atoms with Crippen LogP contribution >= 0.6 is 0 Å². The third-order valence-electron chi connectivity index (χ3n) is 3.26. The number of amides is 1. The number of hydrogen-bond acceptors (Lipinski definition) is 4. The van der Waals surface area contributed by atoms with Crippen molar-refractivity contribution in [3.8, 4) is 0 Å². The van der Waals surface area contributed by atoms with Gasteiger partial charge in [0.1, 0.15) is 5.82 Å². The van der Waals surface area contributed by atoms with E-state index in [4.69, 9.17) is 0 Å². The Labute approximate surface area is 137 Å². The van der Waals surface area contributed by atoms with Crippen LogP contribution in [-0.2, 0) is 0 Å². The molecule has 0 bridgehead atoms. The van der Waals surface area contributed by atoms with Crippen molar-refractivity contribution in [3.63, 3.8) is 0 Å². The van der Waals surface area contributed by atoms with E-state index in [0.29, 0.717) is 18.1 Å². The van der Waals surface area contributed by atoms with Gasteiger partial charge in [0, 0.05) is 17.8 Å². The Bertz CT molecular complexity index is 674. The Balaban J connectivity index is 2.21. The van der Waals surface area contributed by atoms with E-state index < -0.39 is 0 Å². The van der Waals surface area contributed by atoms with Gasteiger partial charge < -0.3 is 10.2 Å². The lowest BCUT2D eigenvalue weighted by atomic mass is 10.1. The fourth-order valence-electron chi connectivity index (χ4n) is 2.27. The summed E-state index contributed by atoms with van der Waals surface area (Å²) >= 11 is 0. The van der Waals surface area contributed by atoms with E-state index in [0.717, 1.165) is 11.3 Å². The molecule has 1 heterocycles. The molecule has 5 nitrogen and oxygen atoms in total. The zero-order valence-corrected chi connectivity index (χ0v) is 14.4. The van der Waals surface area contributed by atoms with E-state index in [2.05, 4.69) is 15.5 Å². The molecule has 0 fully saturated rings. The molecule has 1 N–H and O–H groups in total. The van der Waals surface area contributed by atoms with Gasteiger partial charge in [-0.2, -0.15) is 0 Å². The highest BCUT2D eigenvalue weighted by Crippen LogP contribution is 2.18. The Hall–Kier alpha value is -2.43. The molecule has 0 saturated heterocycles. The van der Waals surface area contributed by atoms with Gasteiger partial charge in [0.25, 0.3) is 5.91 Å². The second-order valence-corrected chi connectivity index (χ2v) is 6.57. The molecular formula is C18H24N4O. The number of nitrogens with zero attached hydrogens (tertiary/aromatic N) is 3. The zero-order valence-electron chi connectivity index (χ0n) is 14.4. The summed E-state index contributed by atoms with van der Waals surface area (Å²) in [7, 11) is 0. The van der Waals surface area contributed by atoms with Crippen molar-refractivity contribution in [2.45, 2.75) is 40.2 Å². The van der Waals surface area contributed by atoms with Crippen molar-refractivity contribution in [1.82, 2.24) is 10.2 Å². The number of aromatic nitrogens is 2. The van der Waals surface area contributed by atoms with Crippen LogP contribution in [0.3, 0.4) is 0 Å². The lowest BCUT2D eigenvalue weighted by Crippen LogP contribution is -2.32. The SMILES string of the molecule is CCN(C(=O)c1ccc(NC(C)(C)C)nn1)c1cccc(C)c1. The van der Waals surface area contributed by atoms with E-state index >= 15 is 0 Å². The number of carbonyl (C=O) groups excluding carboxylic acids is 1. The third-order valence-corrected chi connectivity index (χ3v) is 3.26. The first kappa shape index (κ1) is 16.9. The van der Waals surface area contributed by atoms with Crippen molar-refractivity contribution in [3.05, 3.63) is 47.7 Å². The highest BCUT2D eigenvalue weighted by atomic mass is 16.2. The number of hydrogen-bond donors (Lipinski definition) is 1. The Morgan fingerprint density at radius 2 is 1.91 bits per heavy atom. The summed E-state index contributed by atoms with van der Waals surface area (Å²) in [4.78, 5) is 14.4. The van der Waals surface area contributed by atoms with Crippen molar-refractivity contribution < 1.29 is 4.79 Å². The maximum atomic E-state index is 12.7. The van der Waals surface area contributed by atoms with Gasteiger partial charge in [0.2, 0.25) is 0 Å². The van der Waals surface area contributed by atoms with Gasteiger partial charge in [0.15, 0.2) is 5.69 Å². The van der Waals surface area contributed by atoms with Gasteiger partial charge in [-0.05, 0) is 64.4 Å². The molecule has 1 aromatic carbocycles. The monoisotopic (exact) mass is 312 g/mol. The lowest BCUT2D eigenvalue weighted by molar-refractivity contribution is 0.0982. The maximum Gasteiger partial charge on any atom is 0.278 e. The lowest BCUT2D eigenvalue weighted by Gasteiger charge is -2.22. The number of benzene rings is 1. The highest BCUT2D eigenvalue weighted by Gasteiger charge is 2.18. The van der Waals surface area contributed by atoms with Gasteiger partial charge in [-0.1, -0.05) is 12.1 Å². The predicted molar refractivity (Wildman–Crippen MR) is 93.9 cm³/mol. The quantitative estimate of drug-likeness (QED) is 0.936. The van der Waals surface area contributed by atoms with E-state index in [-0.39, 0.29) is 11.4 Å². The summed E-state index contributed by atoms with van der Waals surface area (Å²) in [6.07, 6.45) is 0. The van der Waals surface area contributed by atoms with Crippen LogP contribution in [0.5, 0.6) is 0 Å². The minimum atomic E-state index is -0.145. The maximum absolute atomic E-state index is 12.7. The molecule has 2 aromatic rings. The molecule has 1 aromatic heterocycles. The second kappa shape index (κ2) is 6.77. The summed E-state index contributed by atoms with van der Waals surface area (Å²) in [6.45, 7) is 10.7. The Morgan fingerprint density at radius 1 is 1.17 bits per heavy atom. The molecule has 0 atom stereocenters. The van der Waals surface area contributed by atoms with Crippen LogP contribution < -0.4 is 10.2 Å². The minimum absolute atomic E-state index is 0.1000. The van der Waals surface area contributed by atoms with Crippen LogP contribution in [0, 0.1) is 6.92 Å². The summed E-state index contributed by atoms with van der Waals surface area (Å²) < 4.78 is 0. The molecule has 5 heteroatoms. The zero-order chi connectivity index (χ0) is 17.0. The standard InChI is InChI=1S/C18H24N4O/c1-6-22(14-9-7-8-13(2)12-14)17(23)15-10-11-16(21-20-15)19-18(3,4)5/h7-12H,6H2,1-5H3,(H,19,21). The molecule has 122 valence electrons. The van der Waals surface area contributed by atoms with Gasteiger partial charge >= 0.3 is 0 Å². The Kier molecular flexibility index (Phi) is 4.98. The first-order valence-electron chi connectivity index (χ1n) is 7.80. The van der Waals surface area contributed by atoms with Crippen LogP contribution in [0.15, 0.2) is 36.4 Å². The number of carbonyl (C=O) groups is 1. The van der Waals surface area contributed by atoms with Crippen LogP contribution in [-0.4, -0.2) is 28.2 Å². The van der Waals surface area contributed by atoms with Crippen molar-refractivity contribution in [2.75, 3.05) is 16.8 Å². The molecule has 0 unspecified atom stereocenters. The van der Waals surface area contributed by atoms with Gasteiger partial charge in [-0.25, -0.2) is 0 Å². The average molecular weight is 312 g/mol. The molecule has 0 radical (unpaired) electrons. The van der Waals surface area contributed by atoms with Gasteiger partial charge in [-0.15, -0.1) is 10.2 Å². The van der Waals surface area contributed by atoms with Crippen molar-refractivity contribution in [1.29, 1.82) is 0 Å². The molecule has 23 heavy (non-hydrogen) atoms. The van der Waals surface area contributed by atoms with E-state index in [1.807, 2.05) is 58.9 Å². The van der Waals surface area contributed by atoms with Crippen molar-refractivity contribution in [2.24, 2.45) is 0 Å². The molecule has 0 aliphatic heterocycles. The van der Waals surface area contributed by atoms with Gasteiger partial charge in [-0.3, -0.25) is 4.79 Å². The number of nitrogens with one attached hydrogen (secondary N) is 1. The average Bonchev–Trinajstić information content (AvgIpc) is 2.47. The number of aryl methyl sites for hydroxylation is 1. The smallest absolute Gasteiger partial charge is 0.278 e. The van der Waals surface area contributed by atoms with Gasteiger partial charge in [0.05, 0.1) is 0 Å². The van der Waals surface area contributed by atoms with E-state index in [1.165, 1.54) is 0 Å². The fourth-order valence-corrected chi connectivity index (χ4v) is 2.27. The van der Waals surface area contributed by atoms with E-state index in [1.54, 1.807) is 17.0 Å². The first-order chi connectivity index (χ1) is 10.8. The van der Waals surface area contributed by atoms with Crippen LogP contribution in [0.25, 0.3) is 0 Å². The molecule has 0 aliphatic rings. The summed E-state index contributed by atoms with van der Waals surface area (Å²) in [5, 5.41) is 11.4. The Morgan fingerprint density at radius 3 is 2.43 bits per heavy atom. The fraction of sp³-hybridized carbons (Fsp3) is 0.389. The summed E-state index contributed by atoms with van der Waals surface area (Å²) in [5.74, 6) is 0.514. The molecule has 0 aliphatic carbocycles. The minimum Gasteiger partial charge on any atom is -0.364 e. The van der Waals surface area contributed by atoms with Crippen molar-refractivity contribution >= 4 is 17.4 Å². The molecule has 0 saturated carbocycles. The van der Waals surface area contributed by atoms with Crippen LogP contribution in [0.1, 0.15) is 43.7 Å². The van der Waals surface area contributed by atoms with E-state index in [9.17, 15) is 4.79 Å². The topological polar surface area (TPSA) is 58.1 Å². The highest BCUT2D eigenvalue weighted by molar-refractivity contribution is 6.04. The number of anilines is 2. The second-order valence-electron chi connectivity index (χ2n) is 6.57. The molecular weight excluding hydrogens is 288 g/mol. The number of rotatable bonds is 4. The largest absolute Gasteiger partial charge is 0.364 e. The molecule has 2 rings (SSSR count). The predicted octanol–water partition coefficient (Wildman–Crippen LogP) is 3.66. The first-order valence-corrected chi connectivity index (χ1v) is 7.80. The third kappa shape index (κ3) is 4.52. The van der Waals surface area contributed by atoms with Crippen LogP contribution in [0.4, 0.5) is 11.5 Å². The molecule has 1 amide bonds. The normalized spacial score (nSPS) is 11.2. The molecule has 0 spiro atoms. The summed E-state index contributed by atoms with van der Waals surface area (Å²) in [6, 6.07) is 11.4. The van der Waals surface area contributed by atoms with Crippen LogP contribution in [0.2, 0.25) is 0 Å².